The van der Waals surface area contributed by atoms with Crippen LogP contribution in [0.15, 0.2) is 12.3 Å². The first-order valence-corrected chi connectivity index (χ1v) is 7.53. The number of methoxy groups -OCH3 is 1. The molecule has 0 N–H and O–H groups in total. The van der Waals surface area contributed by atoms with Gasteiger partial charge in [-0.1, -0.05) is 0 Å². The van der Waals surface area contributed by atoms with Crippen LogP contribution in [0.5, 0.6) is 0 Å². The number of rotatable bonds is 3. The molecule has 0 bridgehead atoms. The van der Waals surface area contributed by atoms with Crippen molar-refractivity contribution in [2.75, 3.05) is 40.4 Å². The number of amides is 1. The molecule has 0 radical (unpaired) electrons. The molecule has 6 heteroatoms. The summed E-state index contributed by atoms with van der Waals surface area (Å²) in [5, 5.41) is 4.20. The van der Waals surface area contributed by atoms with E-state index in [1.54, 1.807) is 17.9 Å². The van der Waals surface area contributed by atoms with Crippen LogP contribution in [-0.2, 0) is 11.8 Å². The Morgan fingerprint density at radius 2 is 2.24 bits per heavy atom. The molecule has 2 aliphatic rings. The van der Waals surface area contributed by atoms with E-state index in [4.69, 9.17) is 4.74 Å². The molecule has 0 aliphatic carbocycles. The molecule has 1 aromatic rings. The molecule has 1 amide bonds. The zero-order valence-electron chi connectivity index (χ0n) is 13.1. The first kappa shape index (κ1) is 14.5. The Morgan fingerprint density at radius 1 is 1.48 bits per heavy atom. The van der Waals surface area contributed by atoms with Crippen molar-refractivity contribution in [2.24, 2.45) is 13.0 Å². The number of nitrogens with zero attached hydrogens (tertiary/aromatic N) is 4. The van der Waals surface area contributed by atoms with Gasteiger partial charge in [-0.05, 0) is 38.4 Å². The maximum Gasteiger partial charge on any atom is 0.274 e. The number of aryl methyl sites for hydroxylation is 1. The van der Waals surface area contributed by atoms with Gasteiger partial charge in [0, 0.05) is 40.1 Å². The van der Waals surface area contributed by atoms with E-state index in [9.17, 15) is 4.79 Å². The third-order valence-electron chi connectivity index (χ3n) is 4.94. The zero-order chi connectivity index (χ0) is 15.0. The summed E-state index contributed by atoms with van der Waals surface area (Å²) in [5.41, 5.74) is 0.686. The molecule has 0 aromatic carbocycles. The number of carbonyl (C=O) groups is 1. The van der Waals surface area contributed by atoms with Crippen LogP contribution >= 0.6 is 0 Å². The molecule has 3 heterocycles. The lowest BCUT2D eigenvalue weighted by Crippen LogP contribution is -2.72. The summed E-state index contributed by atoms with van der Waals surface area (Å²) in [5.74, 6) is 0.654. The fourth-order valence-corrected chi connectivity index (χ4v) is 3.66. The topological polar surface area (TPSA) is 50.6 Å². The Balaban J connectivity index is 1.64. The Morgan fingerprint density at radius 3 is 2.86 bits per heavy atom. The average Bonchev–Trinajstić information content (AvgIpc) is 2.85. The fourth-order valence-electron chi connectivity index (χ4n) is 3.66. The molecule has 2 fully saturated rings. The molecule has 1 unspecified atom stereocenters. The highest BCUT2D eigenvalue weighted by atomic mass is 16.5. The monoisotopic (exact) mass is 292 g/mol. The summed E-state index contributed by atoms with van der Waals surface area (Å²) in [7, 11) is 5.77. The molecule has 116 valence electrons. The normalized spacial score (nSPS) is 25.1. The minimum Gasteiger partial charge on any atom is -0.384 e. The van der Waals surface area contributed by atoms with Gasteiger partial charge in [0.05, 0.1) is 5.54 Å². The van der Waals surface area contributed by atoms with Crippen LogP contribution in [0.4, 0.5) is 0 Å². The molecule has 2 aliphatic heterocycles. The SMILES string of the molecule is COCC1CCN(C)C2(C1)CN(C(=O)c1ccn(C)n1)C2. The minimum atomic E-state index is 0.0449. The molecule has 3 rings (SSSR count). The second kappa shape index (κ2) is 5.42. The second-order valence-corrected chi connectivity index (χ2v) is 6.50. The first-order chi connectivity index (χ1) is 10.0. The van der Waals surface area contributed by atoms with Gasteiger partial charge in [-0.2, -0.15) is 5.10 Å². The predicted molar refractivity (Wildman–Crippen MR) is 79.1 cm³/mol. The number of likely N-dealkylation sites (N-methyl/N-ethyl adjacent to an activating group) is 1. The highest BCUT2D eigenvalue weighted by Gasteiger charge is 2.51. The van der Waals surface area contributed by atoms with Crippen LogP contribution in [-0.4, -0.2) is 71.4 Å². The van der Waals surface area contributed by atoms with E-state index in [0.29, 0.717) is 11.6 Å². The number of hydrogen-bond acceptors (Lipinski definition) is 4. The van der Waals surface area contributed by atoms with Crippen LogP contribution < -0.4 is 0 Å². The predicted octanol–water partition coefficient (Wildman–Crippen LogP) is 0.603. The van der Waals surface area contributed by atoms with Crippen LogP contribution in [0, 0.1) is 5.92 Å². The van der Waals surface area contributed by atoms with Gasteiger partial charge in [0.1, 0.15) is 5.69 Å². The molecule has 1 atom stereocenters. The van der Waals surface area contributed by atoms with Crippen molar-refractivity contribution >= 4 is 5.91 Å². The molecule has 2 saturated heterocycles. The maximum atomic E-state index is 12.4. The Hall–Kier alpha value is -1.40. The quantitative estimate of drug-likeness (QED) is 0.819. The minimum absolute atomic E-state index is 0.0449. The third kappa shape index (κ3) is 2.58. The number of carbonyl (C=O) groups excluding carboxylic acids is 1. The third-order valence-corrected chi connectivity index (χ3v) is 4.94. The van der Waals surface area contributed by atoms with E-state index < -0.39 is 0 Å². The van der Waals surface area contributed by atoms with Crippen molar-refractivity contribution in [1.82, 2.24) is 19.6 Å². The molecule has 1 aromatic heterocycles. The largest absolute Gasteiger partial charge is 0.384 e. The Labute approximate surface area is 125 Å². The Kier molecular flexibility index (Phi) is 3.75. The summed E-state index contributed by atoms with van der Waals surface area (Å²) in [4.78, 5) is 16.7. The van der Waals surface area contributed by atoms with Crippen LogP contribution in [0.3, 0.4) is 0 Å². The summed E-state index contributed by atoms with van der Waals surface area (Å²) in [6, 6.07) is 1.78. The van der Waals surface area contributed by atoms with E-state index in [0.717, 1.165) is 32.7 Å². The van der Waals surface area contributed by atoms with E-state index in [2.05, 4.69) is 17.0 Å². The number of hydrogen-bond donors (Lipinski definition) is 0. The molecule has 1 spiro atoms. The summed E-state index contributed by atoms with van der Waals surface area (Å²) < 4.78 is 6.98. The summed E-state index contributed by atoms with van der Waals surface area (Å²) >= 11 is 0. The molecule has 6 nitrogen and oxygen atoms in total. The molecule has 21 heavy (non-hydrogen) atoms. The van der Waals surface area contributed by atoms with Crippen molar-refractivity contribution in [3.63, 3.8) is 0 Å². The zero-order valence-corrected chi connectivity index (χ0v) is 13.1. The van der Waals surface area contributed by atoms with Crippen LogP contribution in [0.25, 0.3) is 0 Å². The summed E-state index contributed by atoms with van der Waals surface area (Å²) in [6.07, 6.45) is 4.10. The smallest absolute Gasteiger partial charge is 0.274 e. The van der Waals surface area contributed by atoms with Crippen molar-refractivity contribution in [2.45, 2.75) is 18.4 Å². The van der Waals surface area contributed by atoms with Gasteiger partial charge in [-0.15, -0.1) is 0 Å². The summed E-state index contributed by atoms with van der Waals surface area (Å²) in [6.45, 7) is 3.52. The number of aromatic nitrogens is 2. The highest BCUT2D eigenvalue weighted by molar-refractivity contribution is 5.93. The number of likely N-dealkylation sites (tertiary alicyclic amines) is 2. The lowest BCUT2D eigenvalue weighted by molar-refractivity contribution is -0.0732. The van der Waals surface area contributed by atoms with E-state index >= 15 is 0 Å². The van der Waals surface area contributed by atoms with Crippen molar-refractivity contribution in [3.8, 4) is 0 Å². The highest BCUT2D eigenvalue weighted by Crippen LogP contribution is 2.38. The van der Waals surface area contributed by atoms with Gasteiger partial charge in [0.15, 0.2) is 0 Å². The average molecular weight is 292 g/mol. The van der Waals surface area contributed by atoms with Gasteiger partial charge in [-0.3, -0.25) is 14.4 Å². The van der Waals surface area contributed by atoms with E-state index in [-0.39, 0.29) is 11.4 Å². The molecular formula is C15H24N4O2. The standard InChI is InChI=1S/C15H24N4O2/c1-17-6-4-12(9-21-3)8-15(17)10-19(11-15)14(20)13-5-7-18(2)16-13/h5,7,12H,4,6,8-11H2,1-3H3. The van der Waals surface area contributed by atoms with E-state index in [1.807, 2.05) is 18.1 Å². The van der Waals surface area contributed by atoms with Crippen molar-refractivity contribution in [3.05, 3.63) is 18.0 Å². The lowest BCUT2D eigenvalue weighted by Gasteiger charge is -2.58. The maximum absolute atomic E-state index is 12.4. The van der Waals surface area contributed by atoms with Gasteiger partial charge in [-0.25, -0.2) is 0 Å². The van der Waals surface area contributed by atoms with E-state index in [1.165, 1.54) is 6.42 Å². The van der Waals surface area contributed by atoms with Crippen molar-refractivity contribution in [1.29, 1.82) is 0 Å². The van der Waals surface area contributed by atoms with Gasteiger partial charge < -0.3 is 9.64 Å². The fraction of sp³-hybridized carbons (Fsp3) is 0.733. The van der Waals surface area contributed by atoms with Crippen LogP contribution in [0.2, 0.25) is 0 Å². The number of ether oxygens (including phenoxy) is 1. The van der Waals surface area contributed by atoms with Gasteiger partial charge in [0.25, 0.3) is 5.91 Å². The van der Waals surface area contributed by atoms with Crippen LogP contribution in [0.1, 0.15) is 23.3 Å². The lowest BCUT2D eigenvalue weighted by atomic mass is 9.75. The molecule has 0 saturated carbocycles. The van der Waals surface area contributed by atoms with Crippen molar-refractivity contribution < 1.29 is 9.53 Å². The van der Waals surface area contributed by atoms with Gasteiger partial charge in [0.2, 0.25) is 0 Å². The molecular weight excluding hydrogens is 268 g/mol. The Bertz CT molecular complexity index is 521. The number of piperidine rings is 1. The first-order valence-electron chi connectivity index (χ1n) is 7.53. The second-order valence-electron chi connectivity index (χ2n) is 6.50. The van der Waals surface area contributed by atoms with Gasteiger partial charge >= 0.3 is 0 Å².